The summed E-state index contributed by atoms with van der Waals surface area (Å²) in [5.74, 6) is 0.508. The molecule has 2 bridgehead atoms. The van der Waals surface area contributed by atoms with Crippen molar-refractivity contribution in [3.63, 3.8) is 0 Å². The number of amides is 2. The molecule has 6 heteroatoms. The molecular formula is C27H30N4O2. The van der Waals surface area contributed by atoms with Crippen molar-refractivity contribution in [1.29, 1.82) is 5.26 Å². The average Bonchev–Trinajstić information content (AvgIpc) is 3.52. The van der Waals surface area contributed by atoms with E-state index < -0.39 is 6.04 Å². The molecule has 0 spiro atoms. The van der Waals surface area contributed by atoms with E-state index >= 15 is 0 Å². The van der Waals surface area contributed by atoms with E-state index in [1.807, 2.05) is 49.1 Å². The molecular weight excluding hydrogens is 412 g/mol. The zero-order chi connectivity index (χ0) is 23.1. The summed E-state index contributed by atoms with van der Waals surface area (Å²) >= 11 is 0. The molecule has 170 valence electrons. The quantitative estimate of drug-likeness (QED) is 0.719. The van der Waals surface area contributed by atoms with Crippen LogP contribution >= 0.6 is 0 Å². The molecule has 0 aromatic heterocycles. The fourth-order valence-electron chi connectivity index (χ4n) is 5.68. The first-order valence-electron chi connectivity index (χ1n) is 11.9. The highest BCUT2D eigenvalue weighted by atomic mass is 16.2. The number of nitriles is 1. The Labute approximate surface area is 195 Å². The minimum Gasteiger partial charge on any atom is -0.339 e. The average molecular weight is 443 g/mol. The van der Waals surface area contributed by atoms with Crippen molar-refractivity contribution in [2.24, 2.45) is 5.92 Å². The molecule has 2 fully saturated rings. The summed E-state index contributed by atoms with van der Waals surface area (Å²) in [6.07, 6.45) is 4.26. The Bertz CT molecular complexity index is 1120. The second-order valence-corrected chi connectivity index (χ2v) is 9.88. The predicted octanol–water partition coefficient (Wildman–Crippen LogP) is 3.34. The number of nitrogens with one attached hydrogen (secondary N) is 2. The second-order valence-electron chi connectivity index (χ2n) is 9.88. The summed E-state index contributed by atoms with van der Waals surface area (Å²) < 4.78 is 0. The van der Waals surface area contributed by atoms with Gasteiger partial charge in [-0.15, -0.1) is 0 Å². The molecule has 2 amide bonds. The van der Waals surface area contributed by atoms with Crippen LogP contribution in [0.15, 0.2) is 42.5 Å². The molecule has 2 N–H and O–H groups in total. The molecule has 33 heavy (non-hydrogen) atoms. The van der Waals surface area contributed by atoms with Gasteiger partial charge in [0, 0.05) is 24.2 Å². The van der Waals surface area contributed by atoms with E-state index in [2.05, 4.69) is 28.8 Å². The third-order valence-electron chi connectivity index (χ3n) is 7.31. The molecule has 6 nitrogen and oxygen atoms in total. The Morgan fingerprint density at radius 1 is 1.18 bits per heavy atom. The summed E-state index contributed by atoms with van der Waals surface area (Å²) in [7, 11) is 0. The maximum absolute atomic E-state index is 12.7. The van der Waals surface area contributed by atoms with Gasteiger partial charge in [0.15, 0.2) is 0 Å². The first-order valence-corrected chi connectivity index (χ1v) is 11.9. The molecule has 1 aliphatic carbocycles. The Hall–Kier alpha value is -3.17. The maximum Gasteiger partial charge on any atom is 0.238 e. The minimum atomic E-state index is -0.546. The zero-order valence-electron chi connectivity index (χ0n) is 19.2. The SMILES string of the molecule is CC(C)N1C(=O)Cc2ccc(-c3ccc(C[C@@H](C#N)NC(=O)[C@H]4N[C@@H]5CC[C@H]4C5)cc3)cc21. The summed E-state index contributed by atoms with van der Waals surface area (Å²) in [5.41, 5.74) is 5.21. The van der Waals surface area contributed by atoms with Gasteiger partial charge in [-0.2, -0.15) is 5.26 Å². The summed E-state index contributed by atoms with van der Waals surface area (Å²) in [4.78, 5) is 26.9. The highest BCUT2D eigenvalue weighted by Crippen LogP contribution is 2.36. The number of carbonyl (C=O) groups excluding carboxylic acids is 2. The van der Waals surface area contributed by atoms with Crippen LogP contribution in [0, 0.1) is 17.2 Å². The number of benzene rings is 2. The first-order chi connectivity index (χ1) is 15.9. The molecule has 3 aliphatic rings. The maximum atomic E-state index is 12.7. The van der Waals surface area contributed by atoms with Gasteiger partial charge in [-0.05, 0) is 67.3 Å². The van der Waals surface area contributed by atoms with Gasteiger partial charge in [0.1, 0.15) is 6.04 Å². The van der Waals surface area contributed by atoms with E-state index in [0.29, 0.717) is 24.8 Å². The Kier molecular flexibility index (Phi) is 5.67. The van der Waals surface area contributed by atoms with Crippen LogP contribution in [0.5, 0.6) is 0 Å². The van der Waals surface area contributed by atoms with E-state index in [0.717, 1.165) is 47.2 Å². The summed E-state index contributed by atoms with van der Waals surface area (Å²) in [6, 6.07) is 16.5. The van der Waals surface area contributed by atoms with E-state index in [1.165, 1.54) is 0 Å². The van der Waals surface area contributed by atoms with Gasteiger partial charge in [-0.1, -0.05) is 36.4 Å². The Balaban J connectivity index is 1.26. The van der Waals surface area contributed by atoms with Crippen molar-refractivity contribution in [3.8, 4) is 17.2 Å². The monoisotopic (exact) mass is 442 g/mol. The number of piperidine rings is 1. The number of rotatable bonds is 6. The first kappa shape index (κ1) is 21.7. The van der Waals surface area contributed by atoms with E-state index in [4.69, 9.17) is 0 Å². The van der Waals surface area contributed by atoms with Gasteiger partial charge in [-0.3, -0.25) is 9.59 Å². The van der Waals surface area contributed by atoms with Crippen LogP contribution in [0.2, 0.25) is 0 Å². The van der Waals surface area contributed by atoms with Crippen molar-refractivity contribution in [1.82, 2.24) is 10.6 Å². The van der Waals surface area contributed by atoms with E-state index in [-0.39, 0.29) is 23.9 Å². The van der Waals surface area contributed by atoms with Crippen LogP contribution in [0.1, 0.15) is 44.2 Å². The van der Waals surface area contributed by atoms with Gasteiger partial charge in [0.05, 0.1) is 18.5 Å². The van der Waals surface area contributed by atoms with E-state index in [9.17, 15) is 14.9 Å². The topological polar surface area (TPSA) is 85.2 Å². The molecule has 2 aliphatic heterocycles. The van der Waals surface area contributed by atoms with Crippen LogP contribution in [0.3, 0.4) is 0 Å². The van der Waals surface area contributed by atoms with Gasteiger partial charge in [0.25, 0.3) is 0 Å². The number of carbonyl (C=O) groups is 2. The lowest BCUT2D eigenvalue weighted by atomic mass is 9.97. The summed E-state index contributed by atoms with van der Waals surface area (Å²) in [6.45, 7) is 4.07. The van der Waals surface area contributed by atoms with Crippen molar-refractivity contribution in [3.05, 3.63) is 53.6 Å². The molecule has 4 atom stereocenters. The Morgan fingerprint density at radius 3 is 2.58 bits per heavy atom. The number of hydrogen-bond donors (Lipinski definition) is 2. The van der Waals surface area contributed by atoms with Crippen LogP contribution in [-0.4, -0.2) is 36.0 Å². The lowest BCUT2D eigenvalue weighted by Crippen LogP contribution is -2.50. The van der Waals surface area contributed by atoms with Crippen LogP contribution < -0.4 is 15.5 Å². The number of nitrogens with zero attached hydrogens (tertiary/aromatic N) is 2. The number of hydrogen-bond acceptors (Lipinski definition) is 4. The smallest absolute Gasteiger partial charge is 0.238 e. The summed E-state index contributed by atoms with van der Waals surface area (Å²) in [5, 5.41) is 15.9. The normalized spacial score (nSPS) is 24.1. The minimum absolute atomic E-state index is 0.0484. The van der Waals surface area contributed by atoms with Gasteiger partial charge >= 0.3 is 0 Å². The van der Waals surface area contributed by atoms with Gasteiger partial charge < -0.3 is 15.5 Å². The van der Waals surface area contributed by atoms with Gasteiger partial charge in [0.2, 0.25) is 11.8 Å². The lowest BCUT2D eigenvalue weighted by molar-refractivity contribution is -0.124. The van der Waals surface area contributed by atoms with E-state index in [1.54, 1.807) is 0 Å². The van der Waals surface area contributed by atoms with Gasteiger partial charge in [-0.25, -0.2) is 0 Å². The highest BCUT2D eigenvalue weighted by molar-refractivity contribution is 6.02. The molecule has 0 unspecified atom stereocenters. The zero-order valence-corrected chi connectivity index (χ0v) is 19.2. The third-order valence-corrected chi connectivity index (χ3v) is 7.31. The standard InChI is InChI=1S/C27H30N4O2/c1-16(2)31-24-13-19(7-8-20(24)14-25(31)32)18-5-3-17(4-6-18)11-23(15-28)30-27(33)26-21-9-10-22(12-21)29-26/h3-8,13,16,21-23,26,29H,9-12,14H2,1-2H3,(H,30,33)/t21-,22+,23-,26-/m0/s1. The molecule has 2 aromatic carbocycles. The van der Waals surface area contributed by atoms with Crippen molar-refractivity contribution in [2.75, 3.05) is 4.90 Å². The lowest BCUT2D eigenvalue weighted by Gasteiger charge is -2.23. The van der Waals surface area contributed by atoms with Crippen molar-refractivity contribution in [2.45, 2.75) is 70.1 Å². The molecule has 1 saturated carbocycles. The largest absolute Gasteiger partial charge is 0.339 e. The highest BCUT2D eigenvalue weighted by Gasteiger charge is 2.43. The fraction of sp³-hybridized carbons (Fsp3) is 0.444. The fourth-order valence-corrected chi connectivity index (χ4v) is 5.68. The van der Waals surface area contributed by atoms with Crippen molar-refractivity contribution < 1.29 is 9.59 Å². The number of anilines is 1. The Morgan fingerprint density at radius 2 is 1.94 bits per heavy atom. The molecule has 0 radical (unpaired) electrons. The van der Waals surface area contributed by atoms with Crippen LogP contribution in [-0.2, 0) is 22.4 Å². The third kappa shape index (κ3) is 4.14. The van der Waals surface area contributed by atoms with Crippen LogP contribution in [0.4, 0.5) is 5.69 Å². The molecule has 2 aromatic rings. The number of fused-ring (bicyclic) bond motifs is 3. The molecule has 2 heterocycles. The molecule has 5 rings (SSSR count). The predicted molar refractivity (Wildman–Crippen MR) is 128 cm³/mol. The second kappa shape index (κ2) is 8.64. The van der Waals surface area contributed by atoms with Crippen molar-refractivity contribution >= 4 is 17.5 Å². The molecule has 1 saturated heterocycles. The van der Waals surface area contributed by atoms with Crippen LogP contribution in [0.25, 0.3) is 11.1 Å².